The lowest BCUT2D eigenvalue weighted by molar-refractivity contribution is -0.139. The van der Waals surface area contributed by atoms with E-state index in [1.165, 1.54) is 24.1 Å². The molecule has 1 N–H and O–H groups in total. The van der Waals surface area contributed by atoms with Crippen molar-refractivity contribution in [3.05, 3.63) is 86.8 Å². The van der Waals surface area contributed by atoms with E-state index in [4.69, 9.17) is 4.74 Å². The monoisotopic (exact) mass is 707 g/mol. The number of carbonyl (C=O) groups is 2. The zero-order chi connectivity index (χ0) is 30.2. The van der Waals surface area contributed by atoms with Crippen LogP contribution in [-0.2, 0) is 26.2 Å². The highest BCUT2D eigenvalue weighted by Gasteiger charge is 2.32. The van der Waals surface area contributed by atoms with E-state index in [0.29, 0.717) is 22.5 Å². The number of sulfonamides is 1. The number of nitrogens with one attached hydrogen (secondary N) is 1. The minimum Gasteiger partial charge on any atom is -0.496 e. The van der Waals surface area contributed by atoms with Crippen molar-refractivity contribution in [3.8, 4) is 5.75 Å². The van der Waals surface area contributed by atoms with Crippen molar-refractivity contribution in [2.75, 3.05) is 24.5 Å². The van der Waals surface area contributed by atoms with E-state index in [1.807, 2.05) is 38.1 Å². The molecular weight excluding hydrogens is 674 g/mol. The van der Waals surface area contributed by atoms with Crippen LogP contribution in [0.2, 0.25) is 0 Å². The number of amides is 2. The molecule has 0 spiro atoms. The molecule has 0 heterocycles. The van der Waals surface area contributed by atoms with Gasteiger partial charge in [0.15, 0.2) is 0 Å². The summed E-state index contributed by atoms with van der Waals surface area (Å²) >= 11 is 6.78. The second kappa shape index (κ2) is 14.8. The zero-order valence-electron chi connectivity index (χ0n) is 23.6. The maximum absolute atomic E-state index is 14.0. The lowest BCUT2D eigenvalue weighted by Gasteiger charge is -2.32. The van der Waals surface area contributed by atoms with Crippen LogP contribution in [0.4, 0.5) is 5.69 Å². The van der Waals surface area contributed by atoms with Gasteiger partial charge < -0.3 is 15.0 Å². The van der Waals surface area contributed by atoms with Gasteiger partial charge in [0.05, 0.1) is 22.2 Å². The maximum Gasteiger partial charge on any atom is 0.264 e. The molecule has 0 aliphatic heterocycles. The predicted molar refractivity (Wildman–Crippen MR) is 168 cm³/mol. The standard InChI is InChI=1S/C30H35Br2N3O5S/c1-5-6-17-33-30(37)22(3)34(19-23-9-11-24(31)12-10-23)29(36)20-35(25-13-7-21(2)8-14-25)41(38,39)26-15-16-28(40-4)27(32)18-26/h7-16,18,22H,5-6,17,19-20H2,1-4H3,(H,33,37). The van der Waals surface area contributed by atoms with Crippen LogP contribution in [0.15, 0.2) is 80.6 Å². The minimum atomic E-state index is -4.19. The lowest BCUT2D eigenvalue weighted by Crippen LogP contribution is -2.51. The number of unbranched alkanes of at least 4 members (excludes halogenated alkanes) is 1. The number of methoxy groups -OCH3 is 1. The van der Waals surface area contributed by atoms with Gasteiger partial charge in [-0.3, -0.25) is 13.9 Å². The fourth-order valence-corrected chi connectivity index (χ4v) is 6.48. The van der Waals surface area contributed by atoms with Gasteiger partial charge in [0.25, 0.3) is 10.0 Å². The maximum atomic E-state index is 14.0. The van der Waals surface area contributed by atoms with Crippen molar-refractivity contribution >= 4 is 59.4 Å². The number of anilines is 1. The number of benzene rings is 3. The Labute approximate surface area is 259 Å². The number of rotatable bonds is 13. The van der Waals surface area contributed by atoms with Crippen molar-refractivity contribution in [3.63, 3.8) is 0 Å². The summed E-state index contributed by atoms with van der Waals surface area (Å²) in [7, 11) is -2.70. The molecule has 11 heteroatoms. The molecule has 1 unspecified atom stereocenters. The molecule has 2 amide bonds. The third-order valence-corrected chi connectivity index (χ3v) is 9.49. The number of halogens is 2. The van der Waals surface area contributed by atoms with Crippen LogP contribution < -0.4 is 14.4 Å². The largest absolute Gasteiger partial charge is 0.496 e. The van der Waals surface area contributed by atoms with Gasteiger partial charge in [-0.15, -0.1) is 0 Å². The lowest BCUT2D eigenvalue weighted by atomic mass is 10.1. The summed E-state index contributed by atoms with van der Waals surface area (Å²) in [6, 6.07) is 17.9. The minimum absolute atomic E-state index is 0.0108. The van der Waals surface area contributed by atoms with E-state index in [1.54, 1.807) is 37.3 Å². The normalized spacial score (nSPS) is 12.0. The number of nitrogens with zero attached hydrogens (tertiary/aromatic N) is 2. The number of hydrogen-bond donors (Lipinski definition) is 1. The van der Waals surface area contributed by atoms with Crippen LogP contribution >= 0.6 is 31.9 Å². The first-order valence-corrected chi connectivity index (χ1v) is 16.2. The van der Waals surface area contributed by atoms with Gasteiger partial charge in [0.1, 0.15) is 18.3 Å². The topological polar surface area (TPSA) is 96.0 Å². The molecule has 220 valence electrons. The van der Waals surface area contributed by atoms with E-state index in [9.17, 15) is 18.0 Å². The molecule has 3 aromatic carbocycles. The first kappa shape index (κ1) is 32.6. The molecule has 41 heavy (non-hydrogen) atoms. The van der Waals surface area contributed by atoms with Gasteiger partial charge in [-0.1, -0.05) is 59.1 Å². The Hall–Kier alpha value is -2.89. The molecule has 0 aromatic heterocycles. The van der Waals surface area contributed by atoms with E-state index in [2.05, 4.69) is 37.2 Å². The molecule has 0 saturated carbocycles. The molecule has 0 bridgehead atoms. The van der Waals surface area contributed by atoms with Gasteiger partial charge in [-0.2, -0.15) is 0 Å². The van der Waals surface area contributed by atoms with Crippen molar-refractivity contribution < 1.29 is 22.7 Å². The van der Waals surface area contributed by atoms with Gasteiger partial charge in [-0.05, 0) is 84.2 Å². The van der Waals surface area contributed by atoms with E-state index >= 15 is 0 Å². The molecule has 3 aromatic rings. The van der Waals surface area contributed by atoms with Gasteiger partial charge in [-0.25, -0.2) is 8.42 Å². The number of ether oxygens (including phenoxy) is 1. The van der Waals surface area contributed by atoms with Crippen molar-refractivity contribution in [2.24, 2.45) is 0 Å². The van der Waals surface area contributed by atoms with Gasteiger partial charge in [0, 0.05) is 17.6 Å². The Morgan fingerprint density at radius 1 is 1.00 bits per heavy atom. The quantitative estimate of drug-likeness (QED) is 0.218. The van der Waals surface area contributed by atoms with E-state index < -0.39 is 28.5 Å². The van der Waals surface area contributed by atoms with Crippen LogP contribution in [0.5, 0.6) is 5.75 Å². The average Bonchev–Trinajstić information content (AvgIpc) is 2.95. The van der Waals surface area contributed by atoms with Crippen molar-refractivity contribution in [2.45, 2.75) is 51.1 Å². The molecule has 8 nitrogen and oxygen atoms in total. The Kier molecular flexibility index (Phi) is 11.8. The molecule has 0 fully saturated rings. The van der Waals surface area contributed by atoms with Crippen LogP contribution in [0.1, 0.15) is 37.8 Å². The van der Waals surface area contributed by atoms with Crippen molar-refractivity contribution in [1.29, 1.82) is 0 Å². The van der Waals surface area contributed by atoms with Crippen LogP contribution in [0.3, 0.4) is 0 Å². The van der Waals surface area contributed by atoms with E-state index in [-0.39, 0.29) is 17.3 Å². The summed E-state index contributed by atoms with van der Waals surface area (Å²) in [6.45, 7) is 5.70. The molecule has 3 rings (SSSR count). The average molecular weight is 710 g/mol. The van der Waals surface area contributed by atoms with Crippen molar-refractivity contribution in [1.82, 2.24) is 10.2 Å². The third kappa shape index (κ3) is 8.56. The highest BCUT2D eigenvalue weighted by atomic mass is 79.9. The van der Waals surface area contributed by atoms with Crippen LogP contribution in [0, 0.1) is 6.92 Å². The third-order valence-electron chi connectivity index (χ3n) is 6.58. The Bertz CT molecular complexity index is 1450. The summed E-state index contributed by atoms with van der Waals surface area (Å²) < 4.78 is 35.7. The molecule has 0 aliphatic rings. The van der Waals surface area contributed by atoms with Crippen LogP contribution in [-0.4, -0.2) is 51.4 Å². The predicted octanol–water partition coefficient (Wildman–Crippen LogP) is 6.06. The molecular formula is C30H35Br2N3O5S. The Balaban J connectivity index is 2.01. The SMILES string of the molecule is CCCCNC(=O)C(C)N(Cc1ccc(Br)cc1)C(=O)CN(c1ccc(C)cc1)S(=O)(=O)c1ccc(OC)c(Br)c1. The Morgan fingerprint density at radius 3 is 2.24 bits per heavy atom. The summed E-state index contributed by atoms with van der Waals surface area (Å²) in [6.07, 6.45) is 1.73. The highest BCUT2D eigenvalue weighted by Crippen LogP contribution is 2.31. The number of hydrogen-bond acceptors (Lipinski definition) is 5. The number of aryl methyl sites for hydroxylation is 1. The first-order chi connectivity index (χ1) is 19.5. The Morgan fingerprint density at radius 2 is 1.66 bits per heavy atom. The summed E-state index contributed by atoms with van der Waals surface area (Å²) in [4.78, 5) is 28.5. The fraction of sp³-hybridized carbons (Fsp3) is 0.333. The van der Waals surface area contributed by atoms with Gasteiger partial charge >= 0.3 is 0 Å². The summed E-state index contributed by atoms with van der Waals surface area (Å²) in [5.41, 5.74) is 2.08. The smallest absolute Gasteiger partial charge is 0.264 e. The molecule has 1 atom stereocenters. The highest BCUT2D eigenvalue weighted by molar-refractivity contribution is 9.10. The molecule has 0 radical (unpaired) electrons. The van der Waals surface area contributed by atoms with Crippen LogP contribution in [0.25, 0.3) is 0 Å². The fourth-order valence-electron chi connectivity index (χ4n) is 4.08. The second-order valence-electron chi connectivity index (χ2n) is 9.61. The first-order valence-electron chi connectivity index (χ1n) is 13.2. The molecule has 0 aliphatic carbocycles. The second-order valence-corrected chi connectivity index (χ2v) is 13.2. The summed E-state index contributed by atoms with van der Waals surface area (Å²) in [5, 5.41) is 2.89. The van der Waals surface area contributed by atoms with E-state index in [0.717, 1.165) is 32.7 Å². The number of carbonyl (C=O) groups excluding carboxylic acids is 2. The summed E-state index contributed by atoms with van der Waals surface area (Å²) in [5.74, 6) is -0.332. The van der Waals surface area contributed by atoms with Gasteiger partial charge in [0.2, 0.25) is 11.8 Å². The zero-order valence-corrected chi connectivity index (χ0v) is 27.6. The molecule has 0 saturated heterocycles.